The molecule has 120 valence electrons. The lowest BCUT2D eigenvalue weighted by Gasteiger charge is -2.18. The van der Waals surface area contributed by atoms with Crippen LogP contribution in [0.15, 0.2) is 36.4 Å². The standard InChI is InChI=1S/C19H19Cl2NO/c1-22(12-14-6-8-17(20)18(21)10-14)19(23)11-13-5-7-15-3-2-4-16(15)9-13/h5-10H,2-4,11-12H2,1H3. The number of rotatable bonds is 4. The summed E-state index contributed by atoms with van der Waals surface area (Å²) >= 11 is 11.9. The molecule has 0 spiro atoms. The highest BCUT2D eigenvalue weighted by Gasteiger charge is 2.14. The number of benzene rings is 2. The summed E-state index contributed by atoms with van der Waals surface area (Å²) in [5.41, 5.74) is 4.91. The molecule has 0 N–H and O–H groups in total. The second-order valence-corrected chi connectivity index (χ2v) is 6.95. The monoisotopic (exact) mass is 347 g/mol. The Morgan fingerprint density at radius 1 is 1.00 bits per heavy atom. The maximum atomic E-state index is 12.4. The molecule has 0 bridgehead atoms. The van der Waals surface area contributed by atoms with E-state index in [-0.39, 0.29) is 5.91 Å². The second kappa shape index (κ2) is 6.94. The summed E-state index contributed by atoms with van der Waals surface area (Å²) in [7, 11) is 1.82. The summed E-state index contributed by atoms with van der Waals surface area (Å²) in [4.78, 5) is 14.2. The van der Waals surface area contributed by atoms with E-state index < -0.39 is 0 Å². The van der Waals surface area contributed by atoms with Crippen LogP contribution in [-0.2, 0) is 30.6 Å². The van der Waals surface area contributed by atoms with Crippen LogP contribution in [-0.4, -0.2) is 17.9 Å². The Bertz CT molecular complexity index is 742. The number of hydrogen-bond donors (Lipinski definition) is 0. The summed E-state index contributed by atoms with van der Waals surface area (Å²) in [5.74, 6) is 0.106. The first kappa shape index (κ1) is 16.4. The Morgan fingerprint density at radius 3 is 2.52 bits per heavy atom. The number of fused-ring (bicyclic) bond motifs is 1. The Hall–Kier alpha value is -1.51. The summed E-state index contributed by atoms with van der Waals surface area (Å²) in [6, 6.07) is 11.9. The first-order chi connectivity index (χ1) is 11.0. The molecule has 1 aliphatic rings. The van der Waals surface area contributed by atoms with Gasteiger partial charge in [0.25, 0.3) is 0 Å². The van der Waals surface area contributed by atoms with Crippen molar-refractivity contribution < 1.29 is 4.79 Å². The number of halogens is 2. The van der Waals surface area contributed by atoms with E-state index in [9.17, 15) is 4.79 Å². The highest BCUT2D eigenvalue weighted by molar-refractivity contribution is 6.42. The van der Waals surface area contributed by atoms with E-state index in [4.69, 9.17) is 23.2 Å². The molecule has 0 radical (unpaired) electrons. The molecule has 2 nitrogen and oxygen atoms in total. The molecular weight excluding hydrogens is 329 g/mol. The van der Waals surface area contributed by atoms with E-state index >= 15 is 0 Å². The SMILES string of the molecule is CN(Cc1ccc(Cl)c(Cl)c1)C(=O)Cc1ccc2c(c1)CCC2. The summed E-state index contributed by atoms with van der Waals surface area (Å²) in [6.45, 7) is 0.528. The second-order valence-electron chi connectivity index (χ2n) is 6.13. The molecule has 3 rings (SSSR count). The molecule has 0 unspecified atom stereocenters. The minimum absolute atomic E-state index is 0.106. The van der Waals surface area contributed by atoms with Crippen LogP contribution in [0.5, 0.6) is 0 Å². The summed E-state index contributed by atoms with van der Waals surface area (Å²) in [5, 5.41) is 1.05. The average molecular weight is 348 g/mol. The van der Waals surface area contributed by atoms with Gasteiger partial charge >= 0.3 is 0 Å². The molecule has 0 aromatic heterocycles. The average Bonchev–Trinajstić information content (AvgIpc) is 2.98. The predicted molar refractivity (Wildman–Crippen MR) is 95.1 cm³/mol. The van der Waals surface area contributed by atoms with Gasteiger partial charge in [-0.2, -0.15) is 0 Å². The van der Waals surface area contributed by atoms with Crippen LogP contribution in [0.1, 0.15) is 28.7 Å². The van der Waals surface area contributed by atoms with Gasteiger partial charge in [-0.3, -0.25) is 4.79 Å². The fourth-order valence-corrected chi connectivity index (χ4v) is 3.37. The van der Waals surface area contributed by atoms with Crippen LogP contribution in [0.25, 0.3) is 0 Å². The molecule has 0 fully saturated rings. The molecule has 0 atom stereocenters. The van der Waals surface area contributed by atoms with Crippen LogP contribution < -0.4 is 0 Å². The van der Waals surface area contributed by atoms with Crippen LogP contribution in [0.4, 0.5) is 0 Å². The van der Waals surface area contributed by atoms with Crippen molar-refractivity contribution in [3.8, 4) is 0 Å². The molecule has 2 aromatic carbocycles. The maximum absolute atomic E-state index is 12.4. The number of likely N-dealkylation sites (N-methyl/N-ethyl adjacent to an activating group) is 1. The molecule has 0 heterocycles. The van der Waals surface area contributed by atoms with E-state index in [1.807, 2.05) is 19.2 Å². The van der Waals surface area contributed by atoms with Gasteiger partial charge in [-0.1, -0.05) is 47.5 Å². The van der Waals surface area contributed by atoms with Crippen molar-refractivity contribution in [2.24, 2.45) is 0 Å². The molecule has 2 aromatic rings. The summed E-state index contributed by atoms with van der Waals surface area (Å²) < 4.78 is 0. The van der Waals surface area contributed by atoms with E-state index in [1.165, 1.54) is 24.0 Å². The van der Waals surface area contributed by atoms with Crippen LogP contribution >= 0.6 is 23.2 Å². The van der Waals surface area contributed by atoms with E-state index in [1.54, 1.807) is 11.0 Å². The quantitative estimate of drug-likeness (QED) is 0.785. The van der Waals surface area contributed by atoms with Crippen molar-refractivity contribution in [1.82, 2.24) is 4.90 Å². The van der Waals surface area contributed by atoms with E-state index in [0.717, 1.165) is 17.5 Å². The molecule has 0 saturated heterocycles. The van der Waals surface area contributed by atoms with Crippen molar-refractivity contribution in [2.75, 3.05) is 7.05 Å². The number of amides is 1. The van der Waals surface area contributed by atoms with Crippen molar-refractivity contribution in [2.45, 2.75) is 32.2 Å². The zero-order valence-corrected chi connectivity index (χ0v) is 14.6. The van der Waals surface area contributed by atoms with Crippen LogP contribution in [0.3, 0.4) is 0 Å². The number of hydrogen-bond acceptors (Lipinski definition) is 1. The Balaban J connectivity index is 1.64. The Labute approximate surface area is 147 Å². The molecule has 1 aliphatic carbocycles. The van der Waals surface area contributed by atoms with Crippen LogP contribution in [0, 0.1) is 0 Å². The highest BCUT2D eigenvalue weighted by atomic mass is 35.5. The highest BCUT2D eigenvalue weighted by Crippen LogP contribution is 2.24. The van der Waals surface area contributed by atoms with Gasteiger partial charge in [0.05, 0.1) is 16.5 Å². The van der Waals surface area contributed by atoms with Gasteiger partial charge in [-0.25, -0.2) is 0 Å². The van der Waals surface area contributed by atoms with Crippen LogP contribution in [0.2, 0.25) is 10.0 Å². The smallest absolute Gasteiger partial charge is 0.227 e. The number of carbonyl (C=O) groups is 1. The Morgan fingerprint density at radius 2 is 1.74 bits per heavy atom. The van der Waals surface area contributed by atoms with E-state index in [0.29, 0.717) is 23.0 Å². The first-order valence-electron chi connectivity index (χ1n) is 7.81. The fourth-order valence-electron chi connectivity index (χ4n) is 3.04. The number of aryl methyl sites for hydroxylation is 2. The van der Waals surface area contributed by atoms with Crippen molar-refractivity contribution in [3.63, 3.8) is 0 Å². The molecule has 4 heteroatoms. The zero-order valence-electron chi connectivity index (χ0n) is 13.1. The topological polar surface area (TPSA) is 20.3 Å². The molecular formula is C19H19Cl2NO. The normalized spacial score (nSPS) is 13.0. The lowest BCUT2D eigenvalue weighted by Crippen LogP contribution is -2.27. The fraction of sp³-hybridized carbons (Fsp3) is 0.316. The molecule has 0 saturated carbocycles. The van der Waals surface area contributed by atoms with Gasteiger partial charge in [0.15, 0.2) is 0 Å². The van der Waals surface area contributed by atoms with Crippen molar-refractivity contribution in [1.29, 1.82) is 0 Å². The maximum Gasteiger partial charge on any atom is 0.227 e. The van der Waals surface area contributed by atoms with Gasteiger partial charge in [-0.05, 0) is 53.6 Å². The molecule has 0 aliphatic heterocycles. The van der Waals surface area contributed by atoms with Gasteiger partial charge in [0.2, 0.25) is 5.91 Å². The van der Waals surface area contributed by atoms with Gasteiger partial charge in [-0.15, -0.1) is 0 Å². The number of nitrogens with zero attached hydrogens (tertiary/aromatic N) is 1. The third-order valence-corrected chi connectivity index (χ3v) is 5.09. The van der Waals surface area contributed by atoms with Gasteiger partial charge < -0.3 is 4.90 Å². The predicted octanol–water partition coefficient (Wildman–Crippen LogP) is 4.68. The van der Waals surface area contributed by atoms with Crippen molar-refractivity contribution in [3.05, 3.63) is 68.7 Å². The number of carbonyl (C=O) groups excluding carboxylic acids is 1. The third kappa shape index (κ3) is 3.88. The van der Waals surface area contributed by atoms with Gasteiger partial charge in [0, 0.05) is 13.6 Å². The molecule has 1 amide bonds. The molecule has 23 heavy (non-hydrogen) atoms. The van der Waals surface area contributed by atoms with E-state index in [2.05, 4.69) is 18.2 Å². The van der Waals surface area contributed by atoms with Gasteiger partial charge in [0.1, 0.15) is 0 Å². The largest absolute Gasteiger partial charge is 0.341 e. The first-order valence-corrected chi connectivity index (χ1v) is 8.57. The lowest BCUT2D eigenvalue weighted by atomic mass is 10.0. The minimum Gasteiger partial charge on any atom is -0.341 e. The zero-order chi connectivity index (χ0) is 16.4. The van der Waals surface area contributed by atoms with Crippen molar-refractivity contribution >= 4 is 29.1 Å². The summed E-state index contributed by atoms with van der Waals surface area (Å²) in [6.07, 6.45) is 3.96. The lowest BCUT2D eigenvalue weighted by molar-refractivity contribution is -0.129. The third-order valence-electron chi connectivity index (χ3n) is 4.35. The minimum atomic E-state index is 0.106. The Kier molecular flexibility index (Phi) is 4.93.